The number of hydrogen-bond donors (Lipinski definition) is 1. The van der Waals surface area contributed by atoms with Crippen molar-refractivity contribution < 1.29 is 0 Å². The Morgan fingerprint density at radius 2 is 2.11 bits per heavy atom. The molecule has 0 radical (unpaired) electrons. The average molecular weight is 245 g/mol. The van der Waals surface area contributed by atoms with Gasteiger partial charge in [0.1, 0.15) is 0 Å². The first kappa shape index (κ1) is 12.7. The SMILES string of the molecule is CCCNCc1cn(CCc2ccncc2)nn1. The molecule has 1 N–H and O–H groups in total. The number of nitrogens with zero attached hydrogens (tertiary/aromatic N) is 4. The van der Waals surface area contributed by atoms with Gasteiger partial charge in [-0.2, -0.15) is 0 Å². The number of nitrogens with one attached hydrogen (secondary N) is 1. The van der Waals surface area contributed by atoms with Gasteiger partial charge in [-0.3, -0.25) is 9.67 Å². The molecule has 18 heavy (non-hydrogen) atoms. The second-order valence-corrected chi connectivity index (χ2v) is 4.26. The number of aryl methyl sites for hydroxylation is 2. The van der Waals surface area contributed by atoms with Crippen LogP contribution in [0.4, 0.5) is 0 Å². The highest BCUT2D eigenvalue weighted by molar-refractivity contribution is 5.09. The van der Waals surface area contributed by atoms with E-state index in [9.17, 15) is 0 Å². The van der Waals surface area contributed by atoms with Crippen LogP contribution in [-0.2, 0) is 19.5 Å². The van der Waals surface area contributed by atoms with Crippen LogP contribution in [0.1, 0.15) is 24.6 Å². The first-order valence-electron chi connectivity index (χ1n) is 6.37. The van der Waals surface area contributed by atoms with Crippen LogP contribution in [-0.4, -0.2) is 26.5 Å². The highest BCUT2D eigenvalue weighted by Crippen LogP contribution is 2.00. The third-order valence-electron chi connectivity index (χ3n) is 2.70. The van der Waals surface area contributed by atoms with Crippen molar-refractivity contribution in [1.82, 2.24) is 25.3 Å². The summed E-state index contributed by atoms with van der Waals surface area (Å²) in [4.78, 5) is 4.00. The monoisotopic (exact) mass is 245 g/mol. The molecule has 2 aromatic heterocycles. The summed E-state index contributed by atoms with van der Waals surface area (Å²) in [7, 11) is 0. The minimum atomic E-state index is 0.795. The average Bonchev–Trinajstić information content (AvgIpc) is 2.86. The van der Waals surface area contributed by atoms with E-state index in [-0.39, 0.29) is 0 Å². The largest absolute Gasteiger partial charge is 0.311 e. The Labute approximate surface area is 107 Å². The molecular weight excluding hydrogens is 226 g/mol. The van der Waals surface area contributed by atoms with Crippen LogP contribution < -0.4 is 5.32 Å². The molecule has 0 aromatic carbocycles. The highest BCUT2D eigenvalue weighted by atomic mass is 15.4. The smallest absolute Gasteiger partial charge is 0.0964 e. The van der Waals surface area contributed by atoms with E-state index in [2.05, 4.69) is 27.5 Å². The second kappa shape index (κ2) is 6.86. The van der Waals surface area contributed by atoms with Crippen LogP contribution in [0.2, 0.25) is 0 Å². The van der Waals surface area contributed by atoms with Gasteiger partial charge in [-0.1, -0.05) is 12.1 Å². The Bertz CT molecular complexity index is 451. The molecule has 0 saturated carbocycles. The van der Waals surface area contributed by atoms with Crippen molar-refractivity contribution >= 4 is 0 Å². The predicted molar refractivity (Wildman–Crippen MR) is 70.0 cm³/mol. The van der Waals surface area contributed by atoms with Gasteiger partial charge in [-0.05, 0) is 37.1 Å². The lowest BCUT2D eigenvalue weighted by atomic mass is 10.2. The molecular formula is C13H19N5. The van der Waals surface area contributed by atoms with Gasteiger partial charge in [0.15, 0.2) is 0 Å². The van der Waals surface area contributed by atoms with Crippen molar-refractivity contribution in [3.63, 3.8) is 0 Å². The van der Waals surface area contributed by atoms with Gasteiger partial charge < -0.3 is 5.32 Å². The van der Waals surface area contributed by atoms with E-state index in [1.54, 1.807) is 0 Å². The number of aromatic nitrogens is 4. The van der Waals surface area contributed by atoms with E-state index >= 15 is 0 Å². The van der Waals surface area contributed by atoms with E-state index in [4.69, 9.17) is 0 Å². The normalized spacial score (nSPS) is 10.7. The topological polar surface area (TPSA) is 55.6 Å². The van der Waals surface area contributed by atoms with Gasteiger partial charge in [0, 0.05) is 31.7 Å². The molecule has 0 fully saturated rings. The van der Waals surface area contributed by atoms with E-state index in [1.165, 1.54) is 5.56 Å². The number of hydrogen-bond acceptors (Lipinski definition) is 4. The maximum absolute atomic E-state index is 4.14. The molecule has 2 heterocycles. The zero-order chi connectivity index (χ0) is 12.6. The Kier molecular flexibility index (Phi) is 4.84. The minimum Gasteiger partial charge on any atom is -0.311 e. The number of pyridine rings is 1. The molecule has 5 nitrogen and oxygen atoms in total. The summed E-state index contributed by atoms with van der Waals surface area (Å²) >= 11 is 0. The fourth-order valence-corrected chi connectivity index (χ4v) is 1.72. The van der Waals surface area contributed by atoms with Gasteiger partial charge >= 0.3 is 0 Å². The van der Waals surface area contributed by atoms with Gasteiger partial charge in [0.2, 0.25) is 0 Å². The second-order valence-electron chi connectivity index (χ2n) is 4.26. The third kappa shape index (κ3) is 3.92. The maximum atomic E-state index is 4.14. The van der Waals surface area contributed by atoms with Gasteiger partial charge in [0.25, 0.3) is 0 Å². The molecule has 0 saturated heterocycles. The van der Waals surface area contributed by atoms with Gasteiger partial charge in [-0.25, -0.2) is 0 Å². The summed E-state index contributed by atoms with van der Waals surface area (Å²) in [5.41, 5.74) is 2.27. The van der Waals surface area contributed by atoms with Crippen molar-refractivity contribution in [2.75, 3.05) is 6.54 Å². The van der Waals surface area contributed by atoms with E-state index < -0.39 is 0 Å². The molecule has 96 valence electrons. The number of rotatable bonds is 7. The van der Waals surface area contributed by atoms with E-state index in [1.807, 2.05) is 35.4 Å². The summed E-state index contributed by atoms with van der Waals surface area (Å²) in [6.07, 6.45) is 7.72. The van der Waals surface area contributed by atoms with Crippen molar-refractivity contribution in [3.05, 3.63) is 42.0 Å². The Morgan fingerprint density at radius 3 is 2.89 bits per heavy atom. The Morgan fingerprint density at radius 1 is 1.28 bits per heavy atom. The lowest BCUT2D eigenvalue weighted by molar-refractivity contribution is 0.588. The van der Waals surface area contributed by atoms with Crippen LogP contribution in [0.5, 0.6) is 0 Å². The molecule has 0 atom stereocenters. The molecule has 2 rings (SSSR count). The summed E-state index contributed by atoms with van der Waals surface area (Å²) < 4.78 is 1.89. The quantitative estimate of drug-likeness (QED) is 0.749. The fraction of sp³-hybridized carbons (Fsp3) is 0.462. The molecule has 0 unspecified atom stereocenters. The van der Waals surface area contributed by atoms with Crippen molar-refractivity contribution in [2.45, 2.75) is 32.9 Å². The zero-order valence-electron chi connectivity index (χ0n) is 10.7. The first-order valence-corrected chi connectivity index (χ1v) is 6.37. The molecule has 0 bridgehead atoms. The first-order chi connectivity index (χ1) is 8.88. The molecule has 0 amide bonds. The molecule has 0 aliphatic rings. The molecule has 2 aromatic rings. The standard InChI is InChI=1S/C13H19N5/c1-2-6-15-10-13-11-18(17-16-13)9-5-12-3-7-14-8-4-12/h3-4,7-8,11,15H,2,5-6,9-10H2,1H3. The van der Waals surface area contributed by atoms with Crippen molar-refractivity contribution in [2.24, 2.45) is 0 Å². The Balaban J connectivity index is 1.80. The van der Waals surface area contributed by atoms with Gasteiger partial charge in [0.05, 0.1) is 5.69 Å². The lowest BCUT2D eigenvalue weighted by Crippen LogP contribution is -2.13. The summed E-state index contributed by atoms with van der Waals surface area (Å²) in [5.74, 6) is 0. The van der Waals surface area contributed by atoms with Gasteiger partial charge in [-0.15, -0.1) is 5.10 Å². The predicted octanol–water partition coefficient (Wildman–Crippen LogP) is 1.42. The van der Waals surface area contributed by atoms with E-state index in [0.717, 1.165) is 38.2 Å². The molecule has 0 spiro atoms. The summed E-state index contributed by atoms with van der Waals surface area (Å²) in [6, 6.07) is 4.06. The lowest BCUT2D eigenvalue weighted by Gasteiger charge is -2.00. The van der Waals surface area contributed by atoms with E-state index in [0.29, 0.717) is 0 Å². The Hall–Kier alpha value is -1.75. The van der Waals surface area contributed by atoms with Crippen LogP contribution in [0.15, 0.2) is 30.7 Å². The summed E-state index contributed by atoms with van der Waals surface area (Å²) in [6.45, 7) is 4.82. The van der Waals surface area contributed by atoms with Crippen LogP contribution in [0.25, 0.3) is 0 Å². The maximum Gasteiger partial charge on any atom is 0.0964 e. The molecule has 0 aliphatic carbocycles. The summed E-state index contributed by atoms with van der Waals surface area (Å²) in [5, 5.41) is 11.6. The van der Waals surface area contributed by atoms with Crippen LogP contribution >= 0.6 is 0 Å². The van der Waals surface area contributed by atoms with Crippen LogP contribution in [0, 0.1) is 0 Å². The minimum absolute atomic E-state index is 0.795. The molecule has 0 aliphatic heterocycles. The third-order valence-corrected chi connectivity index (χ3v) is 2.70. The fourth-order valence-electron chi connectivity index (χ4n) is 1.72. The van der Waals surface area contributed by atoms with Crippen LogP contribution in [0.3, 0.4) is 0 Å². The van der Waals surface area contributed by atoms with Crippen molar-refractivity contribution in [3.8, 4) is 0 Å². The highest BCUT2D eigenvalue weighted by Gasteiger charge is 2.00. The zero-order valence-corrected chi connectivity index (χ0v) is 10.7. The van der Waals surface area contributed by atoms with Crippen molar-refractivity contribution in [1.29, 1.82) is 0 Å². The molecule has 5 heteroatoms.